The molecule has 92 valence electrons. The monoisotopic (exact) mass is 243 g/mol. The highest BCUT2D eigenvalue weighted by Crippen LogP contribution is 2.36. The Kier molecular flexibility index (Phi) is 4.27. The van der Waals surface area contributed by atoms with Crippen molar-refractivity contribution in [1.82, 2.24) is 9.80 Å². The second-order valence-corrected chi connectivity index (χ2v) is 5.39. The largest absolute Gasteiger partial charge is 0.393 e. The normalized spacial score (nSPS) is 18.0. The first-order chi connectivity index (χ1) is 7.37. The lowest BCUT2D eigenvalue weighted by molar-refractivity contribution is -0.131. The van der Waals surface area contributed by atoms with Crippen molar-refractivity contribution in [3.63, 3.8) is 0 Å². The maximum atomic E-state index is 11.7. The minimum atomic E-state index is 0.0145. The number of thiocarbonyl (C=S) groups is 1. The number of hydrogen-bond acceptors (Lipinski definition) is 3. The highest BCUT2D eigenvalue weighted by atomic mass is 32.1. The van der Waals surface area contributed by atoms with Crippen molar-refractivity contribution in [3.8, 4) is 0 Å². The van der Waals surface area contributed by atoms with E-state index >= 15 is 0 Å². The molecule has 1 fully saturated rings. The van der Waals surface area contributed by atoms with Crippen LogP contribution in [0.5, 0.6) is 0 Å². The van der Waals surface area contributed by atoms with Gasteiger partial charge in [0.15, 0.2) is 0 Å². The number of carbonyl (C=O) groups excluding carboxylic acids is 1. The zero-order chi connectivity index (χ0) is 12.3. The van der Waals surface area contributed by atoms with Gasteiger partial charge in [0.25, 0.3) is 0 Å². The number of rotatable bonds is 5. The van der Waals surface area contributed by atoms with Crippen LogP contribution in [0.3, 0.4) is 0 Å². The average molecular weight is 243 g/mol. The van der Waals surface area contributed by atoms with Crippen LogP contribution in [0.25, 0.3) is 0 Å². The van der Waals surface area contributed by atoms with Crippen molar-refractivity contribution in [2.45, 2.75) is 31.2 Å². The number of hydrogen-bond donors (Lipinski definition) is 1. The topological polar surface area (TPSA) is 49.6 Å². The molecule has 16 heavy (non-hydrogen) atoms. The van der Waals surface area contributed by atoms with E-state index in [2.05, 4.69) is 19.0 Å². The summed E-state index contributed by atoms with van der Waals surface area (Å²) in [5.41, 5.74) is 5.54. The third kappa shape index (κ3) is 2.92. The molecule has 0 aromatic heterocycles. The predicted octanol–water partition coefficient (Wildman–Crippen LogP) is 0.605. The Balaban J connectivity index is 2.52. The Morgan fingerprint density at radius 1 is 1.38 bits per heavy atom. The van der Waals surface area contributed by atoms with Gasteiger partial charge in [-0.05, 0) is 33.4 Å². The maximum Gasteiger partial charge on any atom is 0.229 e. The molecule has 5 heteroatoms. The molecule has 0 heterocycles. The van der Waals surface area contributed by atoms with Gasteiger partial charge in [-0.2, -0.15) is 0 Å². The summed E-state index contributed by atoms with van der Waals surface area (Å²) < 4.78 is 0. The van der Waals surface area contributed by atoms with Crippen LogP contribution in [0, 0.1) is 0 Å². The van der Waals surface area contributed by atoms with E-state index in [0.29, 0.717) is 0 Å². The summed E-state index contributed by atoms with van der Waals surface area (Å²) in [6, 6.07) is 0. The van der Waals surface area contributed by atoms with Gasteiger partial charge in [-0.25, -0.2) is 0 Å². The van der Waals surface area contributed by atoms with Crippen LogP contribution >= 0.6 is 12.2 Å². The minimum Gasteiger partial charge on any atom is -0.393 e. The lowest BCUT2D eigenvalue weighted by Crippen LogP contribution is -2.57. The first kappa shape index (κ1) is 13.4. The molecule has 0 aromatic carbocycles. The predicted molar refractivity (Wildman–Crippen MR) is 69.3 cm³/mol. The van der Waals surface area contributed by atoms with Crippen LogP contribution < -0.4 is 5.73 Å². The Morgan fingerprint density at radius 3 is 2.25 bits per heavy atom. The van der Waals surface area contributed by atoms with Gasteiger partial charge in [-0.1, -0.05) is 12.2 Å². The van der Waals surface area contributed by atoms with E-state index in [1.165, 1.54) is 6.42 Å². The van der Waals surface area contributed by atoms with Crippen molar-refractivity contribution in [3.05, 3.63) is 0 Å². The van der Waals surface area contributed by atoms with E-state index in [0.717, 1.165) is 19.4 Å². The zero-order valence-electron chi connectivity index (χ0n) is 10.3. The molecule has 0 aliphatic heterocycles. The fourth-order valence-electron chi connectivity index (χ4n) is 2.15. The van der Waals surface area contributed by atoms with Gasteiger partial charge in [0.1, 0.15) is 0 Å². The number of carbonyl (C=O) groups is 1. The standard InChI is InChI=1S/C11H21N3OS/c1-13(2)11(5-4-6-11)8-14(3)10(15)7-9(12)16/h4-8H2,1-3H3,(H2,12,16). The van der Waals surface area contributed by atoms with Crippen LogP contribution in [-0.2, 0) is 4.79 Å². The molecular formula is C11H21N3OS. The molecule has 0 radical (unpaired) electrons. The van der Waals surface area contributed by atoms with E-state index in [1.807, 2.05) is 7.05 Å². The Bertz CT molecular complexity index is 287. The highest BCUT2D eigenvalue weighted by molar-refractivity contribution is 7.80. The molecular weight excluding hydrogens is 222 g/mol. The van der Waals surface area contributed by atoms with Crippen LogP contribution in [0.2, 0.25) is 0 Å². The Morgan fingerprint density at radius 2 is 1.94 bits per heavy atom. The average Bonchev–Trinajstić information content (AvgIpc) is 2.08. The van der Waals surface area contributed by atoms with Crippen LogP contribution in [0.4, 0.5) is 0 Å². The molecule has 0 atom stereocenters. The van der Waals surface area contributed by atoms with E-state index in [-0.39, 0.29) is 22.9 Å². The molecule has 1 aliphatic rings. The van der Waals surface area contributed by atoms with Crippen molar-refractivity contribution < 1.29 is 4.79 Å². The first-order valence-corrected chi connectivity index (χ1v) is 5.98. The summed E-state index contributed by atoms with van der Waals surface area (Å²) in [6.45, 7) is 0.765. The quantitative estimate of drug-likeness (QED) is 0.719. The lowest BCUT2D eigenvalue weighted by Gasteiger charge is -2.49. The molecule has 1 amide bonds. The molecule has 1 rings (SSSR count). The Hall–Kier alpha value is -0.680. The minimum absolute atomic E-state index is 0.0145. The van der Waals surface area contributed by atoms with Gasteiger partial charge in [0, 0.05) is 19.1 Å². The van der Waals surface area contributed by atoms with Crippen molar-refractivity contribution >= 4 is 23.1 Å². The smallest absolute Gasteiger partial charge is 0.229 e. The molecule has 0 spiro atoms. The van der Waals surface area contributed by atoms with Crippen molar-refractivity contribution in [2.24, 2.45) is 5.73 Å². The second kappa shape index (κ2) is 5.10. The summed E-state index contributed by atoms with van der Waals surface area (Å²) in [5.74, 6) is 0.0145. The SMILES string of the molecule is CN(CC1(N(C)C)CCC1)C(=O)CC(N)=S. The van der Waals surface area contributed by atoms with Crippen LogP contribution in [-0.4, -0.2) is 53.9 Å². The second-order valence-electron chi connectivity index (χ2n) is 4.87. The maximum absolute atomic E-state index is 11.7. The molecule has 0 aromatic rings. The van der Waals surface area contributed by atoms with Crippen molar-refractivity contribution in [2.75, 3.05) is 27.7 Å². The number of likely N-dealkylation sites (N-methyl/N-ethyl adjacent to an activating group) is 2. The molecule has 2 N–H and O–H groups in total. The van der Waals surface area contributed by atoms with E-state index in [1.54, 1.807) is 4.90 Å². The van der Waals surface area contributed by atoms with Crippen molar-refractivity contribution in [1.29, 1.82) is 0 Å². The highest BCUT2D eigenvalue weighted by Gasteiger charge is 2.40. The molecule has 0 saturated heterocycles. The molecule has 0 bridgehead atoms. The third-order valence-corrected chi connectivity index (χ3v) is 3.66. The summed E-state index contributed by atoms with van der Waals surface area (Å²) in [5, 5.41) is 0. The summed E-state index contributed by atoms with van der Waals surface area (Å²) >= 11 is 4.75. The van der Waals surface area contributed by atoms with Gasteiger partial charge in [0.2, 0.25) is 5.91 Å². The van der Waals surface area contributed by atoms with Gasteiger partial charge < -0.3 is 15.5 Å². The molecule has 1 aliphatic carbocycles. The lowest BCUT2D eigenvalue weighted by atomic mass is 9.75. The van der Waals surface area contributed by atoms with Crippen LogP contribution in [0.1, 0.15) is 25.7 Å². The number of amides is 1. The van der Waals surface area contributed by atoms with E-state index in [9.17, 15) is 4.79 Å². The summed E-state index contributed by atoms with van der Waals surface area (Å²) in [6.07, 6.45) is 3.74. The van der Waals surface area contributed by atoms with Gasteiger partial charge in [-0.15, -0.1) is 0 Å². The van der Waals surface area contributed by atoms with Crippen LogP contribution in [0.15, 0.2) is 0 Å². The number of nitrogens with two attached hydrogens (primary N) is 1. The summed E-state index contributed by atoms with van der Waals surface area (Å²) in [7, 11) is 5.97. The van der Waals surface area contributed by atoms with Gasteiger partial charge >= 0.3 is 0 Å². The Labute approximate surface area is 103 Å². The van der Waals surface area contributed by atoms with Gasteiger partial charge in [0.05, 0.1) is 11.4 Å². The number of nitrogens with zero attached hydrogens (tertiary/aromatic N) is 2. The van der Waals surface area contributed by atoms with E-state index in [4.69, 9.17) is 18.0 Å². The zero-order valence-corrected chi connectivity index (χ0v) is 11.1. The summed E-state index contributed by atoms with van der Waals surface area (Å²) in [4.78, 5) is 16.0. The fraction of sp³-hybridized carbons (Fsp3) is 0.818. The molecule has 4 nitrogen and oxygen atoms in total. The third-order valence-electron chi connectivity index (χ3n) is 3.52. The molecule has 1 saturated carbocycles. The fourth-order valence-corrected chi connectivity index (χ4v) is 2.27. The first-order valence-electron chi connectivity index (χ1n) is 5.57. The van der Waals surface area contributed by atoms with Gasteiger partial charge in [-0.3, -0.25) is 4.79 Å². The molecule has 0 unspecified atom stereocenters. The van der Waals surface area contributed by atoms with E-state index < -0.39 is 0 Å².